The van der Waals surface area contributed by atoms with Gasteiger partial charge in [0.2, 0.25) is 11.3 Å². The lowest BCUT2D eigenvalue weighted by molar-refractivity contribution is -0.151. The molecule has 0 saturated heterocycles. The molecule has 0 unspecified atom stereocenters. The molecule has 15 heavy (non-hydrogen) atoms. The summed E-state index contributed by atoms with van der Waals surface area (Å²) in [5.74, 6) is -8.23. The molecule has 2 atom stereocenters. The summed E-state index contributed by atoms with van der Waals surface area (Å²) >= 11 is 8.80. The van der Waals surface area contributed by atoms with E-state index in [1.54, 1.807) is 0 Å². The molecule has 0 N–H and O–H groups in total. The van der Waals surface area contributed by atoms with Gasteiger partial charge >= 0.3 is 11.8 Å². The molecule has 0 heterocycles. The summed E-state index contributed by atoms with van der Waals surface area (Å²) in [5, 5.41) is 0. The Bertz CT molecular complexity index is 178. The second-order valence-electron chi connectivity index (χ2n) is 2.62. The van der Waals surface area contributed by atoms with Crippen LogP contribution in [0.2, 0.25) is 0 Å². The Morgan fingerprint density at radius 3 is 1.33 bits per heavy atom. The number of halogens is 8. The molecule has 0 aromatic rings. The molecule has 0 aliphatic rings. The lowest BCUT2D eigenvalue weighted by Crippen LogP contribution is -2.37. The highest BCUT2D eigenvalue weighted by Gasteiger charge is 2.43. The molecule has 9 heteroatoms. The highest BCUT2D eigenvalue weighted by Crippen LogP contribution is 2.28. The number of alkyl halides is 8. The molecule has 0 aromatic carbocycles. The van der Waals surface area contributed by atoms with Crippen LogP contribution < -0.4 is 0 Å². The van der Waals surface area contributed by atoms with Gasteiger partial charge in [0.05, 0.1) is 0 Å². The van der Waals surface area contributed by atoms with Crippen molar-refractivity contribution in [1.82, 2.24) is 0 Å². The average molecular weight is 279 g/mol. The Morgan fingerprint density at radius 2 is 1.13 bits per heavy atom. The van der Waals surface area contributed by atoms with E-state index in [0.717, 1.165) is 0 Å². The van der Waals surface area contributed by atoms with Gasteiger partial charge in [0, 0.05) is 0 Å². The van der Waals surface area contributed by atoms with E-state index in [9.17, 15) is 26.3 Å². The van der Waals surface area contributed by atoms with Gasteiger partial charge < -0.3 is 4.74 Å². The third-order valence-corrected chi connectivity index (χ3v) is 1.87. The molecule has 0 fully saturated rings. The summed E-state index contributed by atoms with van der Waals surface area (Å²) in [7, 11) is 0. The normalized spacial score (nSPS) is 17.6. The minimum Gasteiger partial charge on any atom is -0.369 e. The van der Waals surface area contributed by atoms with Crippen LogP contribution >= 0.6 is 23.2 Å². The molecule has 0 aliphatic heterocycles. The summed E-state index contributed by atoms with van der Waals surface area (Å²) < 4.78 is 76.8. The van der Waals surface area contributed by atoms with Gasteiger partial charge in [0.1, 0.15) is 13.2 Å². The number of rotatable bonds is 6. The predicted molar refractivity (Wildman–Crippen MR) is 42.2 cm³/mol. The predicted octanol–water partition coefficient (Wildman–Crippen LogP) is 3.34. The monoisotopic (exact) mass is 278 g/mol. The molecule has 1 nitrogen and oxygen atoms in total. The summed E-state index contributed by atoms with van der Waals surface area (Å²) in [6.07, 6.45) is 0. The van der Waals surface area contributed by atoms with Crippen LogP contribution in [0.25, 0.3) is 0 Å². The molecule has 0 saturated carbocycles. The minimum atomic E-state index is -4.12. The third-order valence-electron chi connectivity index (χ3n) is 1.23. The third kappa shape index (κ3) is 5.12. The second kappa shape index (κ2) is 5.45. The van der Waals surface area contributed by atoms with Crippen molar-refractivity contribution >= 4 is 23.2 Å². The fourth-order valence-corrected chi connectivity index (χ4v) is 0.575. The van der Waals surface area contributed by atoms with E-state index in [2.05, 4.69) is 27.9 Å². The first-order chi connectivity index (χ1) is 6.59. The fraction of sp³-hybridized carbons (Fsp3) is 1.00. The molecule has 0 bridgehead atoms. The van der Waals surface area contributed by atoms with Gasteiger partial charge in [-0.2, -0.15) is 17.6 Å². The van der Waals surface area contributed by atoms with Gasteiger partial charge in [-0.1, -0.05) is 23.2 Å². The minimum absolute atomic E-state index is 1.68. The van der Waals surface area contributed by atoms with Gasteiger partial charge in [-0.05, 0) is 0 Å². The summed E-state index contributed by atoms with van der Waals surface area (Å²) in [5.41, 5.74) is -6.13. The van der Waals surface area contributed by atoms with Crippen LogP contribution in [0.15, 0.2) is 0 Å². The van der Waals surface area contributed by atoms with Crippen molar-refractivity contribution in [3.63, 3.8) is 0 Å². The van der Waals surface area contributed by atoms with Crippen LogP contribution in [-0.4, -0.2) is 36.3 Å². The lowest BCUT2D eigenvalue weighted by atomic mass is 10.4. The first-order valence-electron chi connectivity index (χ1n) is 3.49. The van der Waals surface area contributed by atoms with Gasteiger partial charge in [0.25, 0.3) is 0 Å². The molecule has 92 valence electrons. The van der Waals surface area contributed by atoms with E-state index in [0.29, 0.717) is 0 Å². The van der Waals surface area contributed by atoms with E-state index >= 15 is 0 Å². The van der Waals surface area contributed by atoms with E-state index in [1.807, 2.05) is 0 Å². The average Bonchev–Trinajstić information content (AvgIpc) is 2.02. The summed E-state index contributed by atoms with van der Waals surface area (Å²) in [6, 6.07) is 0. The zero-order valence-electron chi connectivity index (χ0n) is 7.00. The van der Waals surface area contributed by atoms with E-state index < -0.39 is 36.3 Å². The summed E-state index contributed by atoms with van der Waals surface area (Å²) in [4.78, 5) is 0. The Labute approximate surface area is 91.3 Å². The maximum absolute atomic E-state index is 12.3. The fourth-order valence-electron chi connectivity index (χ4n) is 0.449. The van der Waals surface area contributed by atoms with Crippen molar-refractivity contribution in [2.24, 2.45) is 0 Å². The van der Waals surface area contributed by atoms with E-state index in [4.69, 9.17) is 0 Å². The van der Waals surface area contributed by atoms with E-state index in [1.165, 1.54) is 0 Å². The lowest BCUT2D eigenvalue weighted by Gasteiger charge is -2.19. The maximum atomic E-state index is 12.3. The van der Waals surface area contributed by atoms with Crippen molar-refractivity contribution in [2.45, 2.75) is 23.1 Å². The Morgan fingerprint density at radius 1 is 0.867 bits per heavy atom. The molecule has 0 aliphatic carbocycles. The van der Waals surface area contributed by atoms with Gasteiger partial charge in [-0.25, -0.2) is 8.78 Å². The Hall–Kier alpha value is 0.120. The van der Waals surface area contributed by atoms with Crippen LogP contribution in [0, 0.1) is 0 Å². The van der Waals surface area contributed by atoms with E-state index in [-0.39, 0.29) is 0 Å². The van der Waals surface area contributed by atoms with Crippen molar-refractivity contribution < 1.29 is 31.1 Å². The number of ether oxygens (including phenoxy) is 1. The topological polar surface area (TPSA) is 9.23 Å². The molecule has 0 rings (SSSR count). The van der Waals surface area contributed by atoms with Crippen LogP contribution in [0.4, 0.5) is 26.3 Å². The smallest absolute Gasteiger partial charge is 0.315 e. The molecule has 0 radical (unpaired) electrons. The molecule has 0 aromatic heterocycles. The SMILES string of the molecule is F[C@@H](Cl)C(F)(F)COCC(F)(F)[C@@H](F)Cl. The van der Waals surface area contributed by atoms with Crippen molar-refractivity contribution in [2.75, 3.05) is 13.2 Å². The molecule has 0 spiro atoms. The number of hydrogen-bond donors (Lipinski definition) is 0. The molecule has 0 amide bonds. The summed E-state index contributed by atoms with van der Waals surface area (Å²) in [6.45, 7) is -3.37. The highest BCUT2D eigenvalue weighted by atomic mass is 35.5. The zero-order valence-corrected chi connectivity index (χ0v) is 8.51. The number of hydrogen-bond acceptors (Lipinski definition) is 1. The van der Waals surface area contributed by atoms with Crippen LogP contribution in [-0.2, 0) is 4.74 Å². The standard InChI is InChI=1S/C6H6Cl2F6O/c7-3(9)5(11,12)1-15-2-6(13,14)4(8)10/h3-4H,1-2H2/t3-,4-/m1/s1. The van der Waals surface area contributed by atoms with Crippen LogP contribution in [0.3, 0.4) is 0 Å². The largest absolute Gasteiger partial charge is 0.369 e. The maximum Gasteiger partial charge on any atom is 0.315 e. The molecular formula is C6H6Cl2F6O. The van der Waals surface area contributed by atoms with Gasteiger partial charge in [-0.3, -0.25) is 0 Å². The Balaban J connectivity index is 4.00. The zero-order chi connectivity index (χ0) is 12.3. The van der Waals surface area contributed by atoms with Gasteiger partial charge in [0.15, 0.2) is 0 Å². The van der Waals surface area contributed by atoms with Crippen molar-refractivity contribution in [1.29, 1.82) is 0 Å². The van der Waals surface area contributed by atoms with Gasteiger partial charge in [-0.15, -0.1) is 0 Å². The Kier molecular flexibility index (Phi) is 5.49. The second-order valence-corrected chi connectivity index (χ2v) is 3.38. The quantitative estimate of drug-likeness (QED) is 0.535. The van der Waals surface area contributed by atoms with Crippen molar-refractivity contribution in [3.8, 4) is 0 Å². The first-order valence-corrected chi connectivity index (χ1v) is 4.36. The first kappa shape index (κ1) is 15.1. The highest BCUT2D eigenvalue weighted by molar-refractivity contribution is 6.20. The molecular weight excluding hydrogens is 273 g/mol. The van der Waals surface area contributed by atoms with Crippen LogP contribution in [0.5, 0.6) is 0 Å². The van der Waals surface area contributed by atoms with Crippen LogP contribution in [0.1, 0.15) is 0 Å². The van der Waals surface area contributed by atoms with Crippen molar-refractivity contribution in [3.05, 3.63) is 0 Å².